The lowest BCUT2D eigenvalue weighted by atomic mass is 9.94. The molecule has 0 spiro atoms. The van der Waals surface area contributed by atoms with Crippen LogP contribution in [0, 0.1) is 12.8 Å². The van der Waals surface area contributed by atoms with E-state index in [1.807, 2.05) is 23.4 Å². The Morgan fingerprint density at radius 1 is 1.48 bits per heavy atom. The van der Waals surface area contributed by atoms with Gasteiger partial charge in [-0.25, -0.2) is 15.0 Å². The minimum Gasteiger partial charge on any atom is -0.338 e. The zero-order chi connectivity index (χ0) is 14.7. The second kappa shape index (κ2) is 6.30. The minimum atomic E-state index is 0.0527. The summed E-state index contributed by atoms with van der Waals surface area (Å²) in [5, 5.41) is 3.17. The molecular formula is C15H18N4OS. The first-order valence-electron chi connectivity index (χ1n) is 7.18. The SMILES string of the molecule is Cc1ncncc1C(=O)N1CCC[C@@H](Cc2nccs2)C1. The van der Waals surface area contributed by atoms with E-state index >= 15 is 0 Å². The van der Waals surface area contributed by atoms with Crippen LogP contribution >= 0.6 is 11.3 Å². The molecule has 1 atom stereocenters. The second-order valence-corrected chi connectivity index (χ2v) is 6.39. The van der Waals surface area contributed by atoms with Crippen molar-refractivity contribution < 1.29 is 4.79 Å². The normalized spacial score (nSPS) is 18.7. The van der Waals surface area contributed by atoms with E-state index in [1.165, 1.54) is 6.33 Å². The molecule has 110 valence electrons. The molecule has 0 bridgehead atoms. The van der Waals surface area contributed by atoms with E-state index in [2.05, 4.69) is 15.0 Å². The fraction of sp³-hybridized carbons (Fsp3) is 0.467. The number of thiazole rings is 1. The lowest BCUT2D eigenvalue weighted by Crippen LogP contribution is -2.40. The van der Waals surface area contributed by atoms with E-state index in [9.17, 15) is 4.79 Å². The number of carbonyl (C=O) groups excluding carboxylic acids is 1. The Labute approximate surface area is 128 Å². The van der Waals surface area contributed by atoms with Gasteiger partial charge in [0.2, 0.25) is 0 Å². The van der Waals surface area contributed by atoms with Gasteiger partial charge in [-0.05, 0) is 25.7 Å². The number of aromatic nitrogens is 3. The number of piperidine rings is 1. The summed E-state index contributed by atoms with van der Waals surface area (Å²) < 4.78 is 0. The molecule has 0 N–H and O–H groups in total. The van der Waals surface area contributed by atoms with Gasteiger partial charge in [0.1, 0.15) is 6.33 Å². The topological polar surface area (TPSA) is 59.0 Å². The molecule has 21 heavy (non-hydrogen) atoms. The Morgan fingerprint density at radius 3 is 3.14 bits per heavy atom. The van der Waals surface area contributed by atoms with Crippen molar-refractivity contribution in [1.29, 1.82) is 0 Å². The predicted octanol–water partition coefficient (Wildman–Crippen LogP) is 2.34. The van der Waals surface area contributed by atoms with Crippen molar-refractivity contribution >= 4 is 17.2 Å². The monoisotopic (exact) mass is 302 g/mol. The molecule has 0 radical (unpaired) electrons. The van der Waals surface area contributed by atoms with Crippen molar-refractivity contribution in [3.8, 4) is 0 Å². The van der Waals surface area contributed by atoms with Gasteiger partial charge in [0.25, 0.3) is 5.91 Å². The van der Waals surface area contributed by atoms with E-state index < -0.39 is 0 Å². The van der Waals surface area contributed by atoms with Crippen LogP contribution in [0.4, 0.5) is 0 Å². The van der Waals surface area contributed by atoms with Crippen LogP contribution in [0.15, 0.2) is 24.1 Å². The van der Waals surface area contributed by atoms with Gasteiger partial charge in [-0.2, -0.15) is 0 Å². The molecule has 3 heterocycles. The Bertz CT molecular complexity index is 614. The molecule has 2 aromatic rings. The maximum absolute atomic E-state index is 12.6. The summed E-state index contributed by atoms with van der Waals surface area (Å²) in [6.07, 6.45) is 8.12. The minimum absolute atomic E-state index is 0.0527. The number of nitrogens with zero attached hydrogens (tertiary/aromatic N) is 4. The number of hydrogen-bond donors (Lipinski definition) is 0. The zero-order valence-electron chi connectivity index (χ0n) is 12.0. The third kappa shape index (κ3) is 3.26. The van der Waals surface area contributed by atoms with E-state index in [1.54, 1.807) is 17.5 Å². The number of hydrogen-bond acceptors (Lipinski definition) is 5. The van der Waals surface area contributed by atoms with Crippen molar-refractivity contribution in [1.82, 2.24) is 19.9 Å². The van der Waals surface area contributed by atoms with Crippen LogP contribution in [0.5, 0.6) is 0 Å². The summed E-state index contributed by atoms with van der Waals surface area (Å²) in [7, 11) is 0. The van der Waals surface area contributed by atoms with E-state index in [4.69, 9.17) is 0 Å². The first kappa shape index (κ1) is 14.1. The summed E-state index contributed by atoms with van der Waals surface area (Å²) in [6, 6.07) is 0. The fourth-order valence-corrected chi connectivity index (χ4v) is 3.52. The number of rotatable bonds is 3. The highest BCUT2D eigenvalue weighted by atomic mass is 32.1. The number of carbonyl (C=O) groups is 1. The van der Waals surface area contributed by atoms with E-state index in [0.717, 1.165) is 43.1 Å². The molecule has 1 saturated heterocycles. The van der Waals surface area contributed by atoms with Gasteiger partial charge in [0.15, 0.2) is 0 Å². The molecule has 1 fully saturated rings. The molecule has 0 aromatic carbocycles. The van der Waals surface area contributed by atoms with E-state index in [-0.39, 0.29) is 5.91 Å². The van der Waals surface area contributed by atoms with Gasteiger partial charge in [-0.1, -0.05) is 0 Å². The molecule has 1 aliphatic rings. The Kier molecular flexibility index (Phi) is 4.24. The van der Waals surface area contributed by atoms with Crippen LogP contribution in [-0.4, -0.2) is 38.8 Å². The lowest BCUT2D eigenvalue weighted by molar-refractivity contribution is 0.0671. The standard InChI is InChI=1S/C15H18N4OS/c1-11-13(8-16-10-18-11)15(20)19-5-2-3-12(9-19)7-14-17-4-6-21-14/h4,6,8,10,12H,2-3,5,7,9H2,1H3/t12-/m0/s1. The number of amides is 1. The van der Waals surface area contributed by atoms with Gasteiger partial charge in [-0.3, -0.25) is 4.79 Å². The van der Waals surface area contributed by atoms with Crippen molar-refractivity contribution in [3.63, 3.8) is 0 Å². The van der Waals surface area contributed by atoms with Gasteiger partial charge in [0, 0.05) is 37.3 Å². The number of aryl methyl sites for hydroxylation is 1. The smallest absolute Gasteiger partial charge is 0.257 e. The van der Waals surface area contributed by atoms with Crippen LogP contribution in [0.3, 0.4) is 0 Å². The van der Waals surface area contributed by atoms with Gasteiger partial charge >= 0.3 is 0 Å². The zero-order valence-corrected chi connectivity index (χ0v) is 12.8. The first-order valence-corrected chi connectivity index (χ1v) is 8.06. The van der Waals surface area contributed by atoms with Crippen LogP contribution in [0.1, 0.15) is 33.9 Å². The van der Waals surface area contributed by atoms with Crippen molar-refractivity contribution in [3.05, 3.63) is 40.4 Å². The van der Waals surface area contributed by atoms with Crippen LogP contribution < -0.4 is 0 Å². The molecule has 0 saturated carbocycles. The molecule has 2 aromatic heterocycles. The average Bonchev–Trinajstić information content (AvgIpc) is 3.00. The summed E-state index contributed by atoms with van der Waals surface area (Å²) >= 11 is 1.69. The third-order valence-electron chi connectivity index (χ3n) is 3.89. The highest BCUT2D eigenvalue weighted by molar-refractivity contribution is 7.09. The van der Waals surface area contributed by atoms with Gasteiger partial charge < -0.3 is 4.90 Å². The second-order valence-electron chi connectivity index (χ2n) is 5.41. The molecule has 0 aliphatic carbocycles. The molecule has 1 amide bonds. The summed E-state index contributed by atoms with van der Waals surface area (Å²) in [5.74, 6) is 0.552. The maximum atomic E-state index is 12.6. The lowest BCUT2D eigenvalue weighted by Gasteiger charge is -2.32. The molecule has 3 rings (SSSR count). The van der Waals surface area contributed by atoms with E-state index in [0.29, 0.717) is 11.5 Å². The van der Waals surface area contributed by atoms with Crippen molar-refractivity contribution in [2.24, 2.45) is 5.92 Å². The predicted molar refractivity (Wildman–Crippen MR) is 81.2 cm³/mol. The average molecular weight is 302 g/mol. The quantitative estimate of drug-likeness (QED) is 0.873. The van der Waals surface area contributed by atoms with Gasteiger partial charge in [-0.15, -0.1) is 11.3 Å². The molecule has 6 heteroatoms. The highest BCUT2D eigenvalue weighted by Gasteiger charge is 2.26. The van der Waals surface area contributed by atoms with Crippen LogP contribution in [0.25, 0.3) is 0 Å². The largest absolute Gasteiger partial charge is 0.338 e. The number of likely N-dealkylation sites (tertiary alicyclic amines) is 1. The Morgan fingerprint density at radius 2 is 2.38 bits per heavy atom. The summed E-state index contributed by atoms with van der Waals surface area (Å²) in [4.78, 5) is 27.0. The molecule has 1 aliphatic heterocycles. The first-order chi connectivity index (χ1) is 10.2. The maximum Gasteiger partial charge on any atom is 0.257 e. The van der Waals surface area contributed by atoms with Crippen molar-refractivity contribution in [2.45, 2.75) is 26.2 Å². The third-order valence-corrected chi connectivity index (χ3v) is 4.70. The summed E-state index contributed by atoms with van der Waals surface area (Å²) in [6.45, 7) is 3.47. The highest BCUT2D eigenvalue weighted by Crippen LogP contribution is 2.23. The summed E-state index contributed by atoms with van der Waals surface area (Å²) in [5.41, 5.74) is 1.37. The van der Waals surface area contributed by atoms with Crippen LogP contribution in [-0.2, 0) is 6.42 Å². The Balaban J connectivity index is 1.68. The molecular weight excluding hydrogens is 284 g/mol. The Hall–Kier alpha value is -1.82. The van der Waals surface area contributed by atoms with Crippen LogP contribution in [0.2, 0.25) is 0 Å². The molecule has 5 nitrogen and oxygen atoms in total. The van der Waals surface area contributed by atoms with Crippen molar-refractivity contribution in [2.75, 3.05) is 13.1 Å². The fourth-order valence-electron chi connectivity index (χ4n) is 2.79. The van der Waals surface area contributed by atoms with Gasteiger partial charge in [0.05, 0.1) is 16.3 Å². The molecule has 0 unspecified atom stereocenters.